The summed E-state index contributed by atoms with van der Waals surface area (Å²) in [6.45, 7) is 0. The van der Waals surface area contributed by atoms with Gasteiger partial charge in [-0.2, -0.15) is 0 Å². The van der Waals surface area contributed by atoms with E-state index in [1.54, 1.807) is 0 Å². The zero-order chi connectivity index (χ0) is 0. The maximum atomic E-state index is 0. The van der Waals surface area contributed by atoms with Crippen LogP contribution < -0.4 is 0 Å². The van der Waals surface area contributed by atoms with E-state index in [1.807, 2.05) is 0 Å². The minimum atomic E-state index is 0. The summed E-state index contributed by atoms with van der Waals surface area (Å²) in [5.74, 6) is 0. The number of rotatable bonds is 0. The average Bonchev–Trinajstić information content (AvgIpc) is 0. The molecular weight excluding hydrogens is 167 g/mol. The molecule has 0 N–H and O–H groups in total. The predicted molar refractivity (Wildman–Crippen MR) is 10.6 cm³/mol. The first-order chi connectivity index (χ1) is 0. The Morgan fingerprint density at radius 2 is 1.00 bits per heavy atom. The molecule has 0 aromatic heterocycles. The minimum Gasteiger partial charge on any atom is -2.00 e. The van der Waals surface area contributed by atoms with Gasteiger partial charge in [0.15, 0.2) is 17.4 Å². The van der Waals surface area contributed by atoms with Crippen LogP contribution in [0.1, 0.15) is 0 Å². The molecule has 0 aliphatic carbocycles. The number of hydrogen-bond donors (Lipinski definition) is 0. The van der Waals surface area contributed by atoms with Crippen LogP contribution in [0.5, 0.6) is 0 Å². The average molecular weight is 170 g/mol. The molecule has 4 heavy (non-hydrogen) atoms. The van der Waals surface area contributed by atoms with Crippen LogP contribution in [0.2, 0.25) is 0 Å². The van der Waals surface area contributed by atoms with Gasteiger partial charge in [-0.3, -0.25) is 0 Å². The zero-order valence-electron chi connectivity index (χ0n) is 1.45. The van der Waals surface area contributed by atoms with Crippen LogP contribution in [0.15, 0.2) is 0 Å². The first kappa shape index (κ1) is 45.6. The van der Waals surface area contributed by atoms with Gasteiger partial charge in [0, 0.05) is 16.8 Å². The van der Waals surface area contributed by atoms with Crippen LogP contribution in [-0.4, -0.2) is 17.4 Å². The summed E-state index contributed by atoms with van der Waals surface area (Å²) >= 11 is 0. The summed E-state index contributed by atoms with van der Waals surface area (Å²) in [7, 11) is 0. The molecule has 0 aromatic rings. The Kier molecular flexibility index (Phi) is 263. The molecule has 0 amide bonds. The summed E-state index contributed by atoms with van der Waals surface area (Å²) in [4.78, 5) is 0. The molecule has 0 aliphatic heterocycles. The molecule has 0 atom stereocenters. The summed E-state index contributed by atoms with van der Waals surface area (Å²) in [6, 6.07) is 0. The van der Waals surface area contributed by atoms with Crippen LogP contribution in [-0.2, 0) is 41.7 Å². The second kappa shape index (κ2) is 23.0. The van der Waals surface area contributed by atoms with Gasteiger partial charge in [0.05, 0.1) is 0 Å². The molecule has 4 heteroatoms. The van der Waals surface area contributed by atoms with Gasteiger partial charge in [0.1, 0.15) is 0 Å². The maximum absolute atomic E-state index is 0. The summed E-state index contributed by atoms with van der Waals surface area (Å²) in [6.07, 6.45) is 0. The number of hydrogen-bond acceptors (Lipinski definition) is 0. The van der Waals surface area contributed by atoms with Crippen LogP contribution in [0.25, 0.3) is 0 Å². The Balaban J connectivity index is 0. The van der Waals surface area contributed by atoms with Crippen LogP contribution in [0, 0.1) is 0 Å². The first-order valence-corrected chi connectivity index (χ1v) is 0. The topological polar surface area (TPSA) is 28.5 Å². The minimum absolute atomic E-state index is 0. The Hall–Kier alpha value is 1.62. The van der Waals surface area contributed by atoms with E-state index in [4.69, 9.17) is 0 Å². The third-order valence-corrected chi connectivity index (χ3v) is 0. The van der Waals surface area contributed by atoms with Gasteiger partial charge in [-0.05, 0) is 0 Å². The van der Waals surface area contributed by atoms with E-state index < -0.39 is 0 Å². The van der Waals surface area contributed by atoms with Gasteiger partial charge in [-0.1, -0.05) is 0 Å². The molecule has 0 aromatic carbocycles. The Morgan fingerprint density at radius 3 is 1.00 bits per heavy atom. The van der Waals surface area contributed by atoms with E-state index in [9.17, 15) is 0 Å². The Bertz CT molecular complexity index is 8.00. The fourth-order valence-electron chi connectivity index (χ4n) is 0. The van der Waals surface area contributed by atoms with Crippen molar-refractivity contribution in [2.24, 2.45) is 0 Å². The van der Waals surface area contributed by atoms with Crippen molar-refractivity contribution in [3.05, 3.63) is 0 Å². The van der Waals surface area contributed by atoms with Gasteiger partial charge in [-0.15, -0.1) is 0 Å². The van der Waals surface area contributed by atoms with Crippen molar-refractivity contribution in [1.82, 2.24) is 0 Å². The second-order valence-corrected chi connectivity index (χ2v) is 0. The third kappa shape index (κ3) is 9.46. The molecule has 1 radical (unpaired) electrons. The summed E-state index contributed by atoms with van der Waals surface area (Å²) in [5, 5.41) is 0. The molecule has 0 aliphatic rings. The summed E-state index contributed by atoms with van der Waals surface area (Å²) in [5.41, 5.74) is 0. The van der Waals surface area contributed by atoms with Crippen molar-refractivity contribution in [1.29, 1.82) is 0 Å². The SMILES string of the molecule is [AlH3].[Co].[O-2].[Zn+2]. The molecule has 0 spiro atoms. The van der Waals surface area contributed by atoms with Gasteiger partial charge >= 0.3 is 19.5 Å². The monoisotopic (exact) mass is 169 g/mol. The van der Waals surface area contributed by atoms with Crippen molar-refractivity contribution in [2.45, 2.75) is 0 Å². The maximum Gasteiger partial charge on any atom is 2.00 e. The standard InChI is InChI=1S/Al.Co.O.Zn.3H/q;;-2;+2;;;. The van der Waals surface area contributed by atoms with Crippen molar-refractivity contribution < 1.29 is 41.7 Å². The van der Waals surface area contributed by atoms with Crippen molar-refractivity contribution >= 4 is 17.4 Å². The normalized spacial score (nSPS) is 0. The van der Waals surface area contributed by atoms with Gasteiger partial charge in [0.25, 0.3) is 0 Å². The first-order valence-electron chi connectivity index (χ1n) is 0. The van der Waals surface area contributed by atoms with Crippen molar-refractivity contribution in [2.75, 3.05) is 0 Å². The van der Waals surface area contributed by atoms with E-state index in [0.29, 0.717) is 0 Å². The molecule has 0 rings (SSSR count). The molecule has 0 unspecified atom stereocenters. The van der Waals surface area contributed by atoms with E-state index in [0.717, 1.165) is 0 Å². The van der Waals surface area contributed by atoms with Gasteiger partial charge < -0.3 is 5.48 Å². The Labute approximate surface area is 58.9 Å². The molecule has 0 saturated heterocycles. The third-order valence-electron chi connectivity index (χ3n) is 0. The zero-order valence-corrected chi connectivity index (χ0v) is 5.46. The fourth-order valence-corrected chi connectivity index (χ4v) is 0. The molecule has 23 valence electrons. The molecular formula is H3AlCoOZn. The van der Waals surface area contributed by atoms with Crippen molar-refractivity contribution in [3.63, 3.8) is 0 Å². The smallest absolute Gasteiger partial charge is 2.00 e. The fraction of sp³-hybridized carbons (Fsp3) is 0. The van der Waals surface area contributed by atoms with Gasteiger partial charge in [-0.25, -0.2) is 0 Å². The van der Waals surface area contributed by atoms with Crippen LogP contribution >= 0.6 is 0 Å². The van der Waals surface area contributed by atoms with Crippen molar-refractivity contribution in [3.8, 4) is 0 Å². The van der Waals surface area contributed by atoms with Crippen LogP contribution in [0.3, 0.4) is 0 Å². The quantitative estimate of drug-likeness (QED) is 0.404. The second-order valence-electron chi connectivity index (χ2n) is 0. The Morgan fingerprint density at radius 1 is 1.00 bits per heavy atom. The molecule has 0 heterocycles. The summed E-state index contributed by atoms with van der Waals surface area (Å²) < 4.78 is 0. The van der Waals surface area contributed by atoms with E-state index in [2.05, 4.69) is 0 Å². The molecule has 1 nitrogen and oxygen atoms in total. The molecule has 0 saturated carbocycles. The van der Waals surface area contributed by atoms with Gasteiger partial charge in [0.2, 0.25) is 0 Å². The predicted octanol–water partition coefficient (Wildman–Crippen LogP) is -1.31. The largest absolute Gasteiger partial charge is 2.00 e. The van der Waals surface area contributed by atoms with E-state index in [1.165, 1.54) is 0 Å². The van der Waals surface area contributed by atoms with Crippen LogP contribution in [0.4, 0.5) is 0 Å². The van der Waals surface area contributed by atoms with E-state index in [-0.39, 0.29) is 59.1 Å². The molecule has 0 bridgehead atoms. The molecule has 0 fully saturated rings. The van der Waals surface area contributed by atoms with E-state index >= 15 is 0 Å².